The van der Waals surface area contributed by atoms with Gasteiger partial charge in [0.2, 0.25) is 0 Å². The Kier molecular flexibility index (Phi) is 6.13. The first-order valence-corrected chi connectivity index (χ1v) is 7.19. The maximum absolute atomic E-state index is 11.8. The van der Waals surface area contributed by atoms with Crippen LogP contribution in [0, 0.1) is 0 Å². The lowest BCUT2D eigenvalue weighted by Gasteiger charge is -2.02. The number of hydrogen-bond acceptors (Lipinski definition) is 2. The monoisotopic (exact) mass is 289 g/mol. The van der Waals surface area contributed by atoms with Crippen molar-refractivity contribution in [3.8, 4) is 0 Å². The quantitative estimate of drug-likeness (QED) is 0.819. The third kappa shape index (κ3) is 4.91. The molecule has 2 nitrogen and oxygen atoms in total. The first-order chi connectivity index (χ1) is 7.24. The summed E-state index contributed by atoms with van der Waals surface area (Å²) in [5.74, 6) is 0.738. The van der Waals surface area contributed by atoms with Gasteiger partial charge in [-0.1, -0.05) is 22.4 Å². The van der Waals surface area contributed by atoms with E-state index >= 15 is 0 Å². The van der Waals surface area contributed by atoms with Crippen molar-refractivity contribution in [1.29, 1.82) is 0 Å². The fourth-order valence-corrected chi connectivity index (χ4v) is 2.66. The van der Waals surface area contributed by atoms with Crippen molar-refractivity contribution in [3.63, 3.8) is 0 Å². The number of benzene rings is 1. The average Bonchev–Trinajstić information content (AvgIpc) is 2.25. The summed E-state index contributed by atoms with van der Waals surface area (Å²) in [6.45, 7) is 0.727. The van der Waals surface area contributed by atoms with Crippen LogP contribution in [0.1, 0.15) is 19.3 Å². The molecule has 0 saturated carbocycles. The second-order valence-electron chi connectivity index (χ2n) is 3.35. The van der Waals surface area contributed by atoms with E-state index in [0.29, 0.717) is 0 Å². The molecule has 4 heteroatoms. The van der Waals surface area contributed by atoms with Crippen LogP contribution in [0.2, 0.25) is 0 Å². The van der Waals surface area contributed by atoms with Gasteiger partial charge < -0.3 is 5.73 Å². The summed E-state index contributed by atoms with van der Waals surface area (Å²) in [6.07, 6.45) is 3.08. The van der Waals surface area contributed by atoms with Crippen molar-refractivity contribution in [3.05, 3.63) is 28.7 Å². The first-order valence-electron chi connectivity index (χ1n) is 5.08. The Hall–Kier alpha value is -0.190. The highest BCUT2D eigenvalue weighted by molar-refractivity contribution is 9.10. The summed E-state index contributed by atoms with van der Waals surface area (Å²) in [4.78, 5) is 0.908. The third-order valence-corrected chi connectivity index (χ3v) is 4.10. The van der Waals surface area contributed by atoms with Crippen molar-refractivity contribution in [2.75, 3.05) is 12.3 Å². The highest BCUT2D eigenvalue weighted by Crippen LogP contribution is 2.14. The molecular formula is C11H16BrNOS. The second-order valence-corrected chi connectivity index (χ2v) is 5.84. The van der Waals surface area contributed by atoms with Crippen LogP contribution in [-0.2, 0) is 10.8 Å². The zero-order valence-corrected chi connectivity index (χ0v) is 11.0. The topological polar surface area (TPSA) is 43.1 Å². The lowest BCUT2D eigenvalue weighted by atomic mass is 10.2. The summed E-state index contributed by atoms with van der Waals surface area (Å²) in [5.41, 5.74) is 5.39. The van der Waals surface area contributed by atoms with E-state index in [1.165, 1.54) is 0 Å². The van der Waals surface area contributed by atoms with E-state index in [0.717, 1.165) is 40.9 Å². The molecule has 1 aromatic carbocycles. The molecule has 15 heavy (non-hydrogen) atoms. The molecule has 0 saturated heterocycles. The summed E-state index contributed by atoms with van der Waals surface area (Å²) in [6, 6.07) is 7.66. The Bertz CT molecular complexity index is 313. The number of nitrogens with two attached hydrogens (primary N) is 1. The van der Waals surface area contributed by atoms with Gasteiger partial charge in [0, 0.05) is 15.1 Å². The highest BCUT2D eigenvalue weighted by Gasteiger charge is 2.02. The minimum Gasteiger partial charge on any atom is -0.330 e. The van der Waals surface area contributed by atoms with E-state index in [1.54, 1.807) is 0 Å². The zero-order chi connectivity index (χ0) is 11.1. The fourth-order valence-electron chi connectivity index (χ4n) is 1.26. The fraction of sp³-hybridized carbons (Fsp3) is 0.455. The molecule has 0 aliphatic rings. The van der Waals surface area contributed by atoms with Crippen LogP contribution >= 0.6 is 15.9 Å². The summed E-state index contributed by atoms with van der Waals surface area (Å²) in [5, 5.41) is 0. The molecule has 0 aliphatic heterocycles. The van der Waals surface area contributed by atoms with E-state index in [4.69, 9.17) is 5.73 Å². The van der Waals surface area contributed by atoms with E-state index in [-0.39, 0.29) is 0 Å². The predicted octanol–water partition coefficient (Wildman–Crippen LogP) is 2.69. The zero-order valence-electron chi connectivity index (χ0n) is 8.62. The molecule has 1 unspecified atom stereocenters. The smallest absolute Gasteiger partial charge is 0.0529 e. The number of halogens is 1. The highest BCUT2D eigenvalue weighted by atomic mass is 79.9. The van der Waals surface area contributed by atoms with Gasteiger partial charge in [-0.2, -0.15) is 0 Å². The molecule has 0 spiro atoms. The van der Waals surface area contributed by atoms with Crippen LogP contribution in [0.25, 0.3) is 0 Å². The lowest BCUT2D eigenvalue weighted by Crippen LogP contribution is -2.01. The maximum Gasteiger partial charge on any atom is 0.0529 e. The molecular weight excluding hydrogens is 274 g/mol. The number of hydrogen-bond donors (Lipinski definition) is 1. The van der Waals surface area contributed by atoms with Gasteiger partial charge >= 0.3 is 0 Å². The van der Waals surface area contributed by atoms with Crippen LogP contribution in [-0.4, -0.2) is 16.5 Å². The Balaban J connectivity index is 2.37. The van der Waals surface area contributed by atoms with Gasteiger partial charge in [-0.15, -0.1) is 0 Å². The molecule has 1 atom stereocenters. The Morgan fingerprint density at radius 1 is 1.13 bits per heavy atom. The largest absolute Gasteiger partial charge is 0.330 e. The van der Waals surface area contributed by atoms with E-state index in [1.807, 2.05) is 24.3 Å². The molecule has 1 aromatic rings. The van der Waals surface area contributed by atoms with Crippen LogP contribution < -0.4 is 5.73 Å². The van der Waals surface area contributed by atoms with Gasteiger partial charge in [-0.3, -0.25) is 4.21 Å². The second kappa shape index (κ2) is 7.14. The number of rotatable bonds is 6. The van der Waals surface area contributed by atoms with Crippen LogP contribution in [0.4, 0.5) is 0 Å². The van der Waals surface area contributed by atoms with Crippen LogP contribution in [0.15, 0.2) is 33.6 Å². The maximum atomic E-state index is 11.8. The molecule has 1 rings (SSSR count). The Morgan fingerprint density at radius 2 is 1.80 bits per heavy atom. The molecule has 2 N–H and O–H groups in total. The van der Waals surface area contributed by atoms with Gasteiger partial charge in [0.1, 0.15) is 0 Å². The molecule has 0 radical (unpaired) electrons. The molecule has 84 valence electrons. The molecule has 0 fully saturated rings. The van der Waals surface area contributed by atoms with Gasteiger partial charge in [0.25, 0.3) is 0 Å². The Morgan fingerprint density at radius 3 is 2.40 bits per heavy atom. The standard InChI is InChI=1S/C11H16BrNOS/c12-10-4-6-11(7-5-10)15(14)9-3-1-2-8-13/h4-7H,1-3,8-9,13H2. The SMILES string of the molecule is NCCCCCS(=O)c1ccc(Br)cc1. The van der Waals surface area contributed by atoms with Gasteiger partial charge in [0.05, 0.1) is 10.8 Å². The minimum atomic E-state index is -0.857. The van der Waals surface area contributed by atoms with E-state index in [9.17, 15) is 4.21 Å². The van der Waals surface area contributed by atoms with Gasteiger partial charge in [-0.05, 0) is 43.7 Å². The first kappa shape index (κ1) is 12.9. The minimum absolute atomic E-state index is 0.727. The van der Waals surface area contributed by atoms with Gasteiger partial charge in [0.15, 0.2) is 0 Å². The summed E-state index contributed by atoms with van der Waals surface area (Å²) >= 11 is 3.35. The van der Waals surface area contributed by atoms with Crippen molar-refractivity contribution in [2.24, 2.45) is 5.73 Å². The van der Waals surface area contributed by atoms with E-state index < -0.39 is 10.8 Å². The van der Waals surface area contributed by atoms with Crippen LogP contribution in [0.3, 0.4) is 0 Å². The summed E-state index contributed by atoms with van der Waals surface area (Å²) in [7, 11) is -0.857. The van der Waals surface area contributed by atoms with Gasteiger partial charge in [-0.25, -0.2) is 0 Å². The third-order valence-electron chi connectivity index (χ3n) is 2.11. The average molecular weight is 290 g/mol. The molecule has 0 heterocycles. The molecule has 0 amide bonds. The van der Waals surface area contributed by atoms with Crippen molar-refractivity contribution >= 4 is 26.7 Å². The van der Waals surface area contributed by atoms with Crippen molar-refractivity contribution in [1.82, 2.24) is 0 Å². The summed E-state index contributed by atoms with van der Waals surface area (Å²) < 4.78 is 12.8. The van der Waals surface area contributed by atoms with Crippen molar-refractivity contribution < 1.29 is 4.21 Å². The molecule has 0 aliphatic carbocycles. The normalized spacial score (nSPS) is 12.7. The number of unbranched alkanes of at least 4 members (excludes halogenated alkanes) is 2. The molecule has 0 aromatic heterocycles. The predicted molar refractivity (Wildman–Crippen MR) is 68.3 cm³/mol. The lowest BCUT2D eigenvalue weighted by molar-refractivity contribution is 0.673. The van der Waals surface area contributed by atoms with E-state index in [2.05, 4.69) is 15.9 Å². The van der Waals surface area contributed by atoms with Crippen molar-refractivity contribution in [2.45, 2.75) is 24.2 Å². The Labute approximate surface area is 102 Å². The molecule has 0 bridgehead atoms. The van der Waals surface area contributed by atoms with Crippen LogP contribution in [0.5, 0.6) is 0 Å².